The normalized spacial score (nSPS) is 18.1. The van der Waals surface area contributed by atoms with Crippen molar-refractivity contribution in [2.24, 2.45) is 0 Å². The van der Waals surface area contributed by atoms with Gasteiger partial charge >= 0.3 is 0 Å². The molecule has 1 unspecified atom stereocenters. The molecule has 5 nitrogen and oxygen atoms in total. The molecule has 0 radical (unpaired) electrons. The number of benzene rings is 2. The Morgan fingerprint density at radius 1 is 1.19 bits per heavy atom. The van der Waals surface area contributed by atoms with Crippen LogP contribution in [0.15, 0.2) is 40.8 Å². The number of aromatic nitrogens is 1. The lowest BCUT2D eigenvalue weighted by atomic mass is 10.0. The van der Waals surface area contributed by atoms with E-state index in [0.29, 0.717) is 12.4 Å². The summed E-state index contributed by atoms with van der Waals surface area (Å²) in [6, 6.07) is 12.3. The second-order valence-corrected chi connectivity index (χ2v) is 7.19. The van der Waals surface area contributed by atoms with Gasteiger partial charge in [0.2, 0.25) is 5.89 Å². The molecule has 1 aliphatic heterocycles. The monoisotopic (exact) mass is 366 g/mol. The molecule has 1 fully saturated rings. The summed E-state index contributed by atoms with van der Waals surface area (Å²) in [6.07, 6.45) is 3.40. The van der Waals surface area contributed by atoms with E-state index in [1.165, 1.54) is 12.8 Å². The molecule has 1 saturated heterocycles. The summed E-state index contributed by atoms with van der Waals surface area (Å²) in [6.45, 7) is 3.88. The molecule has 0 saturated carbocycles. The van der Waals surface area contributed by atoms with E-state index in [-0.39, 0.29) is 12.6 Å². The Balaban J connectivity index is 1.69. The number of aliphatic hydroxyl groups excluding tert-OH is 1. The summed E-state index contributed by atoms with van der Waals surface area (Å²) in [5.41, 5.74) is 1.92. The van der Waals surface area contributed by atoms with Gasteiger partial charge in [0, 0.05) is 23.5 Å². The number of likely N-dealkylation sites (tertiary alicyclic amines) is 1. The van der Waals surface area contributed by atoms with Crippen molar-refractivity contribution in [2.45, 2.75) is 38.8 Å². The Morgan fingerprint density at radius 3 is 2.78 bits per heavy atom. The van der Waals surface area contributed by atoms with Crippen molar-refractivity contribution in [3.05, 3.63) is 47.9 Å². The van der Waals surface area contributed by atoms with E-state index < -0.39 is 0 Å². The highest BCUT2D eigenvalue weighted by atomic mass is 16.5. The molecule has 1 N–H and O–H groups in total. The van der Waals surface area contributed by atoms with E-state index in [9.17, 15) is 5.11 Å². The Bertz CT molecular complexity index is 934. The lowest BCUT2D eigenvalue weighted by Crippen LogP contribution is -2.41. The Labute approximate surface area is 159 Å². The van der Waals surface area contributed by atoms with E-state index in [2.05, 4.69) is 11.0 Å². The molecule has 2 heterocycles. The maximum atomic E-state index is 9.66. The second-order valence-electron chi connectivity index (χ2n) is 7.19. The summed E-state index contributed by atoms with van der Waals surface area (Å²) in [7, 11) is 1.69. The van der Waals surface area contributed by atoms with Crippen LogP contribution in [0.4, 0.5) is 0 Å². The molecule has 3 aromatic rings. The topological polar surface area (TPSA) is 58.7 Å². The lowest BCUT2D eigenvalue weighted by Gasteiger charge is -2.33. The van der Waals surface area contributed by atoms with Gasteiger partial charge in [-0.1, -0.05) is 30.7 Å². The zero-order chi connectivity index (χ0) is 18.8. The van der Waals surface area contributed by atoms with Crippen molar-refractivity contribution in [3.8, 4) is 17.2 Å². The van der Waals surface area contributed by atoms with Gasteiger partial charge in [-0.2, -0.15) is 0 Å². The molecule has 0 amide bonds. The van der Waals surface area contributed by atoms with Crippen LogP contribution in [0, 0.1) is 6.92 Å². The average Bonchev–Trinajstić information content (AvgIpc) is 3.07. The van der Waals surface area contributed by atoms with E-state index >= 15 is 0 Å². The van der Waals surface area contributed by atoms with Gasteiger partial charge in [-0.3, -0.25) is 4.90 Å². The van der Waals surface area contributed by atoms with Crippen LogP contribution in [0.25, 0.3) is 22.2 Å². The van der Waals surface area contributed by atoms with Gasteiger partial charge in [0.15, 0.2) is 0 Å². The number of fused-ring (bicyclic) bond motifs is 1. The molecule has 5 heteroatoms. The molecule has 142 valence electrons. The first-order valence-corrected chi connectivity index (χ1v) is 9.58. The smallest absolute Gasteiger partial charge is 0.227 e. The lowest BCUT2D eigenvalue weighted by molar-refractivity contribution is 0.0828. The average molecular weight is 366 g/mol. The fraction of sp³-hybridized carbons (Fsp3) is 0.409. The van der Waals surface area contributed by atoms with Gasteiger partial charge in [-0.25, -0.2) is 4.98 Å². The molecule has 0 spiro atoms. The fourth-order valence-corrected chi connectivity index (χ4v) is 3.99. The third kappa shape index (κ3) is 3.45. The summed E-state index contributed by atoms with van der Waals surface area (Å²) in [5, 5.41) is 11.8. The minimum absolute atomic E-state index is 0.201. The molecule has 27 heavy (non-hydrogen) atoms. The second kappa shape index (κ2) is 7.71. The Kier molecular flexibility index (Phi) is 5.14. The fourth-order valence-electron chi connectivity index (χ4n) is 3.99. The maximum Gasteiger partial charge on any atom is 0.227 e. The van der Waals surface area contributed by atoms with Crippen LogP contribution in [0.3, 0.4) is 0 Å². The first-order valence-electron chi connectivity index (χ1n) is 9.58. The van der Waals surface area contributed by atoms with Crippen LogP contribution < -0.4 is 4.74 Å². The zero-order valence-corrected chi connectivity index (χ0v) is 15.9. The highest BCUT2D eigenvalue weighted by Crippen LogP contribution is 2.35. The Morgan fingerprint density at radius 2 is 2.00 bits per heavy atom. The number of piperidine rings is 1. The summed E-state index contributed by atoms with van der Waals surface area (Å²) in [4.78, 5) is 7.14. The minimum Gasteiger partial charge on any atom is -0.496 e. The van der Waals surface area contributed by atoms with Crippen LogP contribution in [-0.4, -0.2) is 41.3 Å². The number of aryl methyl sites for hydroxylation is 1. The predicted molar refractivity (Wildman–Crippen MR) is 106 cm³/mol. The molecule has 1 atom stereocenters. The molecular formula is C22H26N2O3. The maximum absolute atomic E-state index is 9.66. The van der Waals surface area contributed by atoms with Crippen molar-refractivity contribution in [3.63, 3.8) is 0 Å². The number of ether oxygens (including phenoxy) is 1. The molecule has 2 aromatic carbocycles. The predicted octanol–water partition coefficient (Wildman–Crippen LogP) is 4.16. The zero-order valence-electron chi connectivity index (χ0n) is 15.9. The standard InChI is InChI=1S/C22H26N2O3/c1-15-20(13-24-12-6-5-7-16(24)14-25)23-22(27-15)19-10-11-21(26-2)18-9-4-3-8-17(18)19/h3-4,8-11,16,25H,5-7,12-14H2,1-2H3. The van der Waals surface area contributed by atoms with Crippen LogP contribution >= 0.6 is 0 Å². The number of nitrogens with zero attached hydrogens (tertiary/aromatic N) is 2. The van der Waals surface area contributed by atoms with Crippen molar-refractivity contribution >= 4 is 10.8 Å². The van der Waals surface area contributed by atoms with Crippen LogP contribution in [0.2, 0.25) is 0 Å². The number of aliphatic hydroxyl groups is 1. The van der Waals surface area contributed by atoms with E-state index in [4.69, 9.17) is 14.1 Å². The van der Waals surface area contributed by atoms with E-state index in [0.717, 1.165) is 46.5 Å². The number of hydrogen-bond acceptors (Lipinski definition) is 5. The highest BCUT2D eigenvalue weighted by Gasteiger charge is 2.24. The van der Waals surface area contributed by atoms with Crippen molar-refractivity contribution in [1.82, 2.24) is 9.88 Å². The molecule has 0 aliphatic carbocycles. The van der Waals surface area contributed by atoms with Crippen LogP contribution in [0.1, 0.15) is 30.7 Å². The number of rotatable bonds is 5. The quantitative estimate of drug-likeness (QED) is 0.735. The Hall–Kier alpha value is -2.37. The number of oxazole rings is 1. The van der Waals surface area contributed by atoms with Gasteiger partial charge in [-0.05, 0) is 43.8 Å². The SMILES string of the molecule is COc1ccc(-c2nc(CN3CCCCC3CO)c(C)o2)c2ccccc12. The van der Waals surface area contributed by atoms with Gasteiger partial charge in [0.25, 0.3) is 0 Å². The molecule has 1 aromatic heterocycles. The summed E-state index contributed by atoms with van der Waals surface area (Å²) < 4.78 is 11.5. The van der Waals surface area contributed by atoms with Crippen molar-refractivity contribution in [1.29, 1.82) is 0 Å². The molecule has 0 bridgehead atoms. The van der Waals surface area contributed by atoms with Gasteiger partial charge in [0.05, 0.1) is 19.4 Å². The highest BCUT2D eigenvalue weighted by molar-refractivity contribution is 5.98. The summed E-state index contributed by atoms with van der Waals surface area (Å²) in [5.74, 6) is 2.32. The van der Waals surface area contributed by atoms with E-state index in [1.54, 1.807) is 7.11 Å². The third-order valence-electron chi connectivity index (χ3n) is 5.54. The van der Waals surface area contributed by atoms with Gasteiger partial charge in [0.1, 0.15) is 11.5 Å². The number of methoxy groups -OCH3 is 1. The first kappa shape index (κ1) is 18.0. The molecule has 4 rings (SSSR count). The minimum atomic E-state index is 0.201. The first-order chi connectivity index (χ1) is 13.2. The van der Waals surface area contributed by atoms with Crippen molar-refractivity contribution in [2.75, 3.05) is 20.3 Å². The summed E-state index contributed by atoms with van der Waals surface area (Å²) >= 11 is 0. The third-order valence-corrected chi connectivity index (χ3v) is 5.54. The van der Waals surface area contributed by atoms with Gasteiger partial charge in [-0.15, -0.1) is 0 Å². The van der Waals surface area contributed by atoms with Crippen LogP contribution in [-0.2, 0) is 6.54 Å². The van der Waals surface area contributed by atoms with E-state index in [1.807, 2.05) is 37.3 Å². The van der Waals surface area contributed by atoms with Gasteiger partial charge < -0.3 is 14.3 Å². The number of hydrogen-bond donors (Lipinski definition) is 1. The van der Waals surface area contributed by atoms with Crippen molar-refractivity contribution < 1.29 is 14.3 Å². The largest absolute Gasteiger partial charge is 0.496 e. The van der Waals surface area contributed by atoms with Crippen LogP contribution in [0.5, 0.6) is 5.75 Å². The molecular weight excluding hydrogens is 340 g/mol. The molecule has 1 aliphatic rings.